The molecular weight excluding hydrogens is 434 g/mol. The second kappa shape index (κ2) is 9.95. The van der Waals surface area contributed by atoms with E-state index < -0.39 is 0 Å². The van der Waals surface area contributed by atoms with Crippen LogP contribution in [0.5, 0.6) is 0 Å². The first-order chi connectivity index (χ1) is 17.0. The van der Waals surface area contributed by atoms with Gasteiger partial charge in [0.05, 0.1) is 5.92 Å². The van der Waals surface area contributed by atoms with E-state index in [9.17, 15) is 9.59 Å². The smallest absolute Gasteiger partial charge is 0.253 e. The Bertz CT molecular complexity index is 1200. The first-order valence-corrected chi connectivity index (χ1v) is 12.5. The van der Waals surface area contributed by atoms with Crippen LogP contribution in [0.1, 0.15) is 38.5 Å². The van der Waals surface area contributed by atoms with Crippen LogP contribution in [0, 0.1) is 19.8 Å². The molecule has 2 fully saturated rings. The number of piperazine rings is 1. The number of rotatable bonds is 5. The van der Waals surface area contributed by atoms with Crippen LogP contribution in [0.4, 0.5) is 5.69 Å². The monoisotopic (exact) mass is 467 g/mol. The Labute approximate surface area is 207 Å². The second-order valence-corrected chi connectivity index (χ2v) is 9.86. The van der Waals surface area contributed by atoms with Gasteiger partial charge in [-0.2, -0.15) is 0 Å². The summed E-state index contributed by atoms with van der Waals surface area (Å²) in [5.41, 5.74) is 6.72. The summed E-state index contributed by atoms with van der Waals surface area (Å²) in [4.78, 5) is 30.1. The summed E-state index contributed by atoms with van der Waals surface area (Å²) in [6.45, 7) is 8.02. The van der Waals surface area contributed by atoms with Crippen molar-refractivity contribution in [1.29, 1.82) is 0 Å². The average Bonchev–Trinajstić information content (AvgIpc) is 3.24. The van der Waals surface area contributed by atoms with E-state index in [-0.39, 0.29) is 23.7 Å². The lowest BCUT2D eigenvalue weighted by molar-refractivity contribution is -0.120. The molecule has 2 heterocycles. The number of amides is 2. The van der Waals surface area contributed by atoms with E-state index in [1.807, 2.05) is 47.4 Å². The average molecular weight is 468 g/mol. The minimum atomic E-state index is -0.180. The van der Waals surface area contributed by atoms with Crippen LogP contribution < -0.4 is 10.2 Å². The van der Waals surface area contributed by atoms with Gasteiger partial charge in [-0.25, -0.2) is 0 Å². The molecule has 2 amide bonds. The molecule has 180 valence electrons. The molecule has 2 aliphatic heterocycles. The lowest BCUT2D eigenvalue weighted by Crippen LogP contribution is -2.49. The molecule has 0 aromatic heterocycles. The Balaban J connectivity index is 1.23. The number of nitrogens with one attached hydrogen (secondary N) is 1. The number of aryl methyl sites for hydroxylation is 2. The van der Waals surface area contributed by atoms with E-state index in [4.69, 9.17) is 0 Å². The van der Waals surface area contributed by atoms with E-state index in [1.54, 1.807) is 0 Å². The zero-order valence-electron chi connectivity index (χ0n) is 20.5. The minimum Gasteiger partial charge on any atom is -0.368 e. The molecule has 0 bridgehead atoms. The van der Waals surface area contributed by atoms with E-state index >= 15 is 0 Å². The van der Waals surface area contributed by atoms with Gasteiger partial charge in [-0.05, 0) is 61.1 Å². The van der Waals surface area contributed by atoms with Crippen molar-refractivity contribution in [3.8, 4) is 0 Å². The molecule has 0 aliphatic carbocycles. The van der Waals surface area contributed by atoms with E-state index in [0.29, 0.717) is 25.2 Å². The van der Waals surface area contributed by atoms with Crippen molar-refractivity contribution < 1.29 is 9.59 Å². The standard InChI is InChI=1S/C30H33N3O2/c1-21-8-13-27(22(2)18-21)32-14-16-33(17-15-32)30(35)25-11-9-24(10-12-25)28-26(20-31-29(28)34)19-23-6-4-3-5-7-23/h3-13,18,26,28H,14-17,19-20H2,1-2H3,(H,31,34)/t26?,28-/m1/s1. The van der Waals surface area contributed by atoms with Crippen LogP contribution in [0.15, 0.2) is 72.8 Å². The number of carbonyl (C=O) groups is 2. The molecule has 1 N–H and O–H groups in total. The predicted molar refractivity (Wildman–Crippen MR) is 140 cm³/mol. The van der Waals surface area contributed by atoms with Crippen molar-refractivity contribution >= 4 is 17.5 Å². The van der Waals surface area contributed by atoms with Gasteiger partial charge in [0.2, 0.25) is 5.91 Å². The fourth-order valence-corrected chi connectivity index (χ4v) is 5.53. The van der Waals surface area contributed by atoms with Crippen LogP contribution in [-0.2, 0) is 11.2 Å². The van der Waals surface area contributed by atoms with Crippen molar-refractivity contribution in [1.82, 2.24) is 10.2 Å². The summed E-state index contributed by atoms with van der Waals surface area (Å²) in [6, 6.07) is 24.6. The number of carbonyl (C=O) groups excluding carboxylic acids is 2. The molecule has 0 saturated carbocycles. The highest BCUT2D eigenvalue weighted by Gasteiger charge is 2.36. The lowest BCUT2D eigenvalue weighted by atomic mass is 9.84. The number of hydrogen-bond acceptors (Lipinski definition) is 3. The summed E-state index contributed by atoms with van der Waals surface area (Å²) in [6.07, 6.45) is 0.857. The molecule has 2 atom stereocenters. The Kier molecular flexibility index (Phi) is 6.58. The molecule has 35 heavy (non-hydrogen) atoms. The molecule has 5 heteroatoms. The molecule has 2 saturated heterocycles. The van der Waals surface area contributed by atoms with Crippen molar-refractivity contribution in [2.45, 2.75) is 26.2 Å². The van der Waals surface area contributed by atoms with Gasteiger partial charge in [0.15, 0.2) is 0 Å². The number of benzene rings is 3. The highest BCUT2D eigenvalue weighted by atomic mass is 16.2. The van der Waals surface area contributed by atoms with Gasteiger partial charge in [0.1, 0.15) is 0 Å². The Hall–Kier alpha value is -3.60. The molecule has 5 rings (SSSR count). The normalized spacial score (nSPS) is 20.1. The third-order valence-corrected chi connectivity index (χ3v) is 7.41. The molecule has 0 spiro atoms. The zero-order valence-corrected chi connectivity index (χ0v) is 20.5. The van der Waals surface area contributed by atoms with Crippen LogP contribution >= 0.6 is 0 Å². The van der Waals surface area contributed by atoms with Crippen LogP contribution in [-0.4, -0.2) is 49.4 Å². The fourth-order valence-electron chi connectivity index (χ4n) is 5.53. The topological polar surface area (TPSA) is 52.7 Å². The highest BCUT2D eigenvalue weighted by molar-refractivity contribution is 5.94. The van der Waals surface area contributed by atoms with Crippen molar-refractivity contribution in [3.63, 3.8) is 0 Å². The van der Waals surface area contributed by atoms with E-state index in [1.165, 1.54) is 22.4 Å². The largest absolute Gasteiger partial charge is 0.368 e. The van der Waals surface area contributed by atoms with Crippen LogP contribution in [0.3, 0.4) is 0 Å². The van der Waals surface area contributed by atoms with Gasteiger partial charge < -0.3 is 15.1 Å². The zero-order chi connectivity index (χ0) is 24.4. The van der Waals surface area contributed by atoms with E-state index in [0.717, 1.165) is 25.1 Å². The van der Waals surface area contributed by atoms with Crippen molar-refractivity contribution in [2.75, 3.05) is 37.6 Å². The maximum Gasteiger partial charge on any atom is 0.253 e. The summed E-state index contributed by atoms with van der Waals surface area (Å²) < 4.78 is 0. The van der Waals surface area contributed by atoms with Crippen LogP contribution in [0.2, 0.25) is 0 Å². The first kappa shape index (κ1) is 23.2. The maximum absolute atomic E-state index is 13.2. The molecule has 5 nitrogen and oxygen atoms in total. The summed E-state index contributed by atoms with van der Waals surface area (Å²) in [5, 5.41) is 3.03. The van der Waals surface area contributed by atoms with Crippen molar-refractivity contribution in [2.24, 2.45) is 5.92 Å². The first-order valence-electron chi connectivity index (χ1n) is 12.5. The van der Waals surface area contributed by atoms with Gasteiger partial charge in [0.25, 0.3) is 5.91 Å². The van der Waals surface area contributed by atoms with Gasteiger partial charge in [-0.1, -0.05) is 60.2 Å². The van der Waals surface area contributed by atoms with Crippen molar-refractivity contribution in [3.05, 3.63) is 101 Å². The Morgan fingerprint density at radius 3 is 2.31 bits per heavy atom. The predicted octanol–water partition coefficient (Wildman–Crippen LogP) is 4.34. The number of nitrogens with zero attached hydrogens (tertiary/aromatic N) is 2. The Morgan fingerprint density at radius 2 is 1.63 bits per heavy atom. The van der Waals surface area contributed by atoms with Gasteiger partial charge in [-0.3, -0.25) is 9.59 Å². The maximum atomic E-state index is 13.2. The summed E-state index contributed by atoms with van der Waals surface area (Å²) in [5.74, 6) is 0.173. The minimum absolute atomic E-state index is 0.0635. The van der Waals surface area contributed by atoms with Gasteiger partial charge in [-0.15, -0.1) is 0 Å². The molecule has 0 radical (unpaired) electrons. The highest BCUT2D eigenvalue weighted by Crippen LogP contribution is 2.32. The summed E-state index contributed by atoms with van der Waals surface area (Å²) >= 11 is 0. The van der Waals surface area contributed by atoms with Crippen LogP contribution in [0.25, 0.3) is 0 Å². The molecular formula is C30H33N3O2. The van der Waals surface area contributed by atoms with E-state index in [2.05, 4.69) is 54.4 Å². The third-order valence-electron chi connectivity index (χ3n) is 7.41. The summed E-state index contributed by atoms with van der Waals surface area (Å²) in [7, 11) is 0. The third kappa shape index (κ3) is 4.95. The lowest BCUT2D eigenvalue weighted by Gasteiger charge is -2.37. The van der Waals surface area contributed by atoms with Gasteiger partial charge in [0, 0.05) is 44.0 Å². The number of anilines is 1. The fraction of sp³-hybridized carbons (Fsp3) is 0.333. The molecule has 3 aromatic carbocycles. The second-order valence-electron chi connectivity index (χ2n) is 9.86. The SMILES string of the molecule is Cc1ccc(N2CCN(C(=O)c3ccc([C@H]4C(=O)NCC4Cc4ccccc4)cc3)CC2)c(C)c1. The number of hydrogen-bond donors (Lipinski definition) is 1. The quantitative estimate of drug-likeness (QED) is 0.607. The molecule has 2 aliphatic rings. The molecule has 3 aromatic rings. The Morgan fingerprint density at radius 1 is 0.914 bits per heavy atom. The molecule has 1 unspecified atom stereocenters. The van der Waals surface area contributed by atoms with Gasteiger partial charge >= 0.3 is 0 Å².